The third kappa shape index (κ3) is 2.07. The molecule has 0 bridgehead atoms. The summed E-state index contributed by atoms with van der Waals surface area (Å²) in [6.45, 7) is 2.07. The average molecular weight is 294 g/mol. The number of fused-ring (bicyclic) bond motifs is 3. The number of hydrogen-bond acceptors (Lipinski definition) is 3. The van der Waals surface area contributed by atoms with Gasteiger partial charge in [0.25, 0.3) is 0 Å². The molecular weight excluding hydrogens is 280 g/mol. The van der Waals surface area contributed by atoms with Crippen LogP contribution in [0.15, 0.2) is 53.7 Å². The summed E-state index contributed by atoms with van der Waals surface area (Å²) in [6, 6.07) is 16.2. The first-order valence-electron chi connectivity index (χ1n) is 6.96. The Morgan fingerprint density at radius 1 is 1.14 bits per heavy atom. The maximum absolute atomic E-state index is 12.6. The number of imidazole rings is 1. The van der Waals surface area contributed by atoms with Gasteiger partial charge in [-0.1, -0.05) is 53.7 Å². The van der Waals surface area contributed by atoms with Crippen LogP contribution in [-0.2, 0) is 6.42 Å². The van der Waals surface area contributed by atoms with Crippen molar-refractivity contribution < 1.29 is 4.79 Å². The fraction of sp³-hybridized carbons (Fsp3) is 0.176. The number of thioether (sulfide) groups is 1. The lowest BCUT2D eigenvalue weighted by Crippen LogP contribution is -2.19. The highest BCUT2D eigenvalue weighted by atomic mass is 32.2. The molecule has 0 aliphatic carbocycles. The van der Waals surface area contributed by atoms with E-state index in [0.717, 1.165) is 22.6 Å². The Balaban J connectivity index is 1.65. The van der Waals surface area contributed by atoms with Gasteiger partial charge in [-0.2, -0.15) is 0 Å². The van der Waals surface area contributed by atoms with Gasteiger partial charge in [0.05, 0.1) is 16.3 Å². The SMILES string of the molecule is Cc1ccc(CC2Sc3nc4ccccc4n3C2=O)cc1. The molecule has 0 saturated heterocycles. The zero-order chi connectivity index (χ0) is 14.4. The highest BCUT2D eigenvalue weighted by Crippen LogP contribution is 2.36. The van der Waals surface area contributed by atoms with E-state index in [2.05, 4.69) is 36.2 Å². The molecule has 1 unspecified atom stereocenters. The Kier molecular flexibility index (Phi) is 2.86. The average Bonchev–Trinajstić information content (AvgIpc) is 2.99. The molecule has 3 aromatic rings. The zero-order valence-corrected chi connectivity index (χ0v) is 12.4. The summed E-state index contributed by atoms with van der Waals surface area (Å²) in [4.78, 5) is 17.2. The minimum Gasteiger partial charge on any atom is -0.273 e. The van der Waals surface area contributed by atoms with Crippen molar-refractivity contribution in [3.8, 4) is 0 Å². The summed E-state index contributed by atoms with van der Waals surface area (Å²) < 4.78 is 1.76. The molecule has 0 fully saturated rings. The van der Waals surface area contributed by atoms with Gasteiger partial charge in [0.15, 0.2) is 5.16 Å². The quantitative estimate of drug-likeness (QED) is 0.723. The van der Waals surface area contributed by atoms with Crippen LogP contribution in [-0.4, -0.2) is 20.7 Å². The van der Waals surface area contributed by atoms with Crippen LogP contribution in [0.2, 0.25) is 0 Å². The molecule has 1 atom stereocenters. The van der Waals surface area contributed by atoms with Crippen molar-refractivity contribution in [1.82, 2.24) is 9.55 Å². The normalized spacial score (nSPS) is 17.4. The van der Waals surface area contributed by atoms with Gasteiger partial charge in [-0.25, -0.2) is 4.98 Å². The number of para-hydroxylation sites is 2. The van der Waals surface area contributed by atoms with Crippen LogP contribution in [0.1, 0.15) is 15.9 Å². The standard InChI is InChI=1S/C17H14N2OS/c1-11-6-8-12(9-7-11)10-15-16(20)19-14-5-3-2-4-13(14)18-17(19)21-15/h2-9,15H,10H2,1H3. The molecule has 2 heterocycles. The number of carbonyl (C=O) groups excluding carboxylic acids is 1. The summed E-state index contributed by atoms with van der Waals surface area (Å²) in [7, 11) is 0. The van der Waals surface area contributed by atoms with Gasteiger partial charge in [0.2, 0.25) is 5.91 Å². The molecule has 0 radical (unpaired) electrons. The van der Waals surface area contributed by atoms with Gasteiger partial charge >= 0.3 is 0 Å². The third-order valence-electron chi connectivity index (χ3n) is 3.82. The van der Waals surface area contributed by atoms with Crippen molar-refractivity contribution in [2.45, 2.75) is 23.8 Å². The van der Waals surface area contributed by atoms with Crippen molar-refractivity contribution >= 4 is 28.7 Å². The first-order valence-corrected chi connectivity index (χ1v) is 7.84. The van der Waals surface area contributed by atoms with E-state index in [4.69, 9.17) is 0 Å². The van der Waals surface area contributed by atoms with Gasteiger partial charge in [0.1, 0.15) is 0 Å². The van der Waals surface area contributed by atoms with E-state index < -0.39 is 0 Å². The van der Waals surface area contributed by atoms with E-state index in [1.807, 2.05) is 24.3 Å². The molecule has 2 aromatic carbocycles. The fourth-order valence-corrected chi connectivity index (χ4v) is 3.87. The lowest BCUT2D eigenvalue weighted by molar-refractivity contribution is 0.0914. The highest BCUT2D eigenvalue weighted by Gasteiger charge is 2.34. The Bertz CT molecular complexity index is 836. The van der Waals surface area contributed by atoms with Crippen molar-refractivity contribution in [1.29, 1.82) is 0 Å². The topological polar surface area (TPSA) is 34.9 Å². The predicted octanol–water partition coefficient (Wildman–Crippen LogP) is 3.70. The number of nitrogens with zero attached hydrogens (tertiary/aromatic N) is 2. The fourth-order valence-electron chi connectivity index (χ4n) is 2.68. The first-order chi connectivity index (χ1) is 10.2. The number of benzene rings is 2. The third-order valence-corrected chi connectivity index (χ3v) is 4.95. The maximum Gasteiger partial charge on any atom is 0.247 e. The molecule has 0 N–H and O–H groups in total. The van der Waals surface area contributed by atoms with E-state index in [1.54, 1.807) is 16.3 Å². The van der Waals surface area contributed by atoms with Gasteiger partial charge < -0.3 is 0 Å². The largest absolute Gasteiger partial charge is 0.273 e. The summed E-state index contributed by atoms with van der Waals surface area (Å²) in [5.74, 6) is 0.143. The number of carbonyl (C=O) groups is 1. The van der Waals surface area contributed by atoms with Crippen molar-refractivity contribution in [3.05, 3.63) is 59.7 Å². The molecule has 1 aromatic heterocycles. The second-order valence-electron chi connectivity index (χ2n) is 5.35. The lowest BCUT2D eigenvalue weighted by atomic mass is 10.1. The van der Waals surface area contributed by atoms with E-state index >= 15 is 0 Å². The molecule has 0 spiro atoms. The number of aryl methyl sites for hydroxylation is 1. The van der Waals surface area contributed by atoms with Gasteiger partial charge in [-0.3, -0.25) is 9.36 Å². The zero-order valence-electron chi connectivity index (χ0n) is 11.6. The molecule has 1 aliphatic rings. The number of hydrogen-bond donors (Lipinski definition) is 0. The molecule has 0 saturated carbocycles. The number of rotatable bonds is 2. The number of aromatic nitrogens is 2. The molecule has 1 aliphatic heterocycles. The van der Waals surface area contributed by atoms with Crippen LogP contribution in [0.4, 0.5) is 0 Å². The Labute approximate surface area is 127 Å². The van der Waals surface area contributed by atoms with Crippen LogP contribution in [0.3, 0.4) is 0 Å². The highest BCUT2D eigenvalue weighted by molar-refractivity contribution is 8.00. The smallest absolute Gasteiger partial charge is 0.247 e. The van der Waals surface area contributed by atoms with Crippen LogP contribution in [0.5, 0.6) is 0 Å². The predicted molar refractivity (Wildman–Crippen MR) is 84.9 cm³/mol. The minimum absolute atomic E-state index is 0.0696. The van der Waals surface area contributed by atoms with Gasteiger partial charge in [-0.15, -0.1) is 0 Å². The summed E-state index contributed by atoms with van der Waals surface area (Å²) in [5.41, 5.74) is 4.24. The van der Waals surface area contributed by atoms with Crippen molar-refractivity contribution in [2.24, 2.45) is 0 Å². The lowest BCUT2D eigenvalue weighted by Gasteiger charge is -2.07. The van der Waals surface area contributed by atoms with E-state index in [1.165, 1.54) is 11.1 Å². The van der Waals surface area contributed by atoms with E-state index in [0.29, 0.717) is 0 Å². The molecule has 4 heteroatoms. The summed E-state index contributed by atoms with van der Waals surface area (Å²) in [5, 5.41) is 0.748. The molecule has 0 amide bonds. The van der Waals surface area contributed by atoms with Crippen LogP contribution in [0, 0.1) is 6.92 Å². The first kappa shape index (κ1) is 12.7. The van der Waals surface area contributed by atoms with Gasteiger partial charge in [0, 0.05) is 0 Å². The summed E-state index contributed by atoms with van der Waals surface area (Å²) in [6.07, 6.45) is 0.751. The van der Waals surface area contributed by atoms with E-state index in [-0.39, 0.29) is 11.2 Å². The molecule has 104 valence electrons. The Morgan fingerprint density at radius 3 is 2.71 bits per heavy atom. The second kappa shape index (κ2) is 4.74. The molecule has 3 nitrogen and oxygen atoms in total. The Morgan fingerprint density at radius 2 is 1.90 bits per heavy atom. The monoisotopic (exact) mass is 294 g/mol. The Hall–Kier alpha value is -2.07. The molecular formula is C17H14N2OS. The van der Waals surface area contributed by atoms with E-state index in [9.17, 15) is 4.79 Å². The van der Waals surface area contributed by atoms with Crippen LogP contribution < -0.4 is 0 Å². The van der Waals surface area contributed by atoms with Crippen molar-refractivity contribution in [2.75, 3.05) is 0 Å². The van der Waals surface area contributed by atoms with Crippen LogP contribution >= 0.6 is 11.8 Å². The van der Waals surface area contributed by atoms with Crippen molar-refractivity contribution in [3.63, 3.8) is 0 Å². The second-order valence-corrected chi connectivity index (χ2v) is 6.52. The summed E-state index contributed by atoms with van der Waals surface area (Å²) >= 11 is 1.57. The van der Waals surface area contributed by atoms with Gasteiger partial charge in [-0.05, 0) is 31.0 Å². The molecule has 4 rings (SSSR count). The maximum atomic E-state index is 12.6. The minimum atomic E-state index is -0.0696. The molecule has 21 heavy (non-hydrogen) atoms. The van der Waals surface area contributed by atoms with Crippen LogP contribution in [0.25, 0.3) is 11.0 Å².